The van der Waals surface area contributed by atoms with E-state index in [-0.39, 0.29) is 0 Å². The van der Waals surface area contributed by atoms with Gasteiger partial charge in [-0.1, -0.05) is 12.1 Å². The van der Waals surface area contributed by atoms with Crippen molar-refractivity contribution in [3.05, 3.63) is 60.6 Å². The van der Waals surface area contributed by atoms with Crippen LogP contribution in [0.4, 0.5) is 5.69 Å². The summed E-state index contributed by atoms with van der Waals surface area (Å²) >= 11 is 0. The van der Waals surface area contributed by atoms with E-state index in [9.17, 15) is 0 Å². The molecule has 4 aromatic rings. The third kappa shape index (κ3) is 3.12. The first-order valence-electron chi connectivity index (χ1n) is 9.61. The Bertz CT molecular complexity index is 1130. The highest BCUT2D eigenvalue weighted by atomic mass is 15.2. The number of hydrogen-bond acceptors (Lipinski definition) is 5. The minimum Gasteiger partial charge on any atom is -0.368 e. The number of piperazine rings is 1. The first-order valence-corrected chi connectivity index (χ1v) is 9.61. The third-order valence-electron chi connectivity index (χ3n) is 5.23. The van der Waals surface area contributed by atoms with Crippen molar-refractivity contribution in [1.29, 1.82) is 0 Å². The molecule has 6 nitrogen and oxygen atoms in total. The van der Waals surface area contributed by atoms with Crippen LogP contribution in [0.15, 0.2) is 54.9 Å². The lowest BCUT2D eigenvalue weighted by Crippen LogP contribution is -2.43. The van der Waals surface area contributed by atoms with Crippen LogP contribution in [0.2, 0.25) is 0 Å². The number of fused-ring (bicyclic) bond motifs is 1. The Balaban J connectivity index is 1.56. The van der Waals surface area contributed by atoms with Gasteiger partial charge in [-0.2, -0.15) is 5.10 Å². The van der Waals surface area contributed by atoms with Crippen LogP contribution in [0.25, 0.3) is 33.4 Å². The van der Waals surface area contributed by atoms with E-state index in [1.807, 2.05) is 37.5 Å². The Morgan fingerprint density at radius 3 is 2.79 bits per heavy atom. The van der Waals surface area contributed by atoms with Gasteiger partial charge in [0.2, 0.25) is 0 Å². The van der Waals surface area contributed by atoms with Crippen molar-refractivity contribution in [1.82, 2.24) is 25.5 Å². The SMILES string of the molecule is Cc1cccc(-c2n[nH]cc2-c2ccc3ncc(N4CCNCC4)cc3c2)n1. The molecular weight excluding hydrogens is 348 g/mol. The average molecular weight is 370 g/mol. The highest BCUT2D eigenvalue weighted by Crippen LogP contribution is 2.31. The molecular formula is C22H22N6. The first kappa shape index (κ1) is 16.9. The molecule has 1 aromatic carbocycles. The Kier molecular flexibility index (Phi) is 4.25. The van der Waals surface area contributed by atoms with Crippen molar-refractivity contribution in [2.24, 2.45) is 0 Å². The van der Waals surface area contributed by atoms with Gasteiger partial charge < -0.3 is 10.2 Å². The number of aromatic nitrogens is 4. The standard InChI is InChI=1S/C22H22N6/c1-15-3-2-4-21(26-15)22-19(14-25-27-22)16-5-6-20-17(11-16)12-18(13-24-20)28-9-7-23-8-10-28/h2-6,11-14,23H,7-10H2,1H3,(H,25,27). The summed E-state index contributed by atoms with van der Waals surface area (Å²) in [5.41, 5.74) is 7.07. The molecule has 1 aliphatic heterocycles. The van der Waals surface area contributed by atoms with E-state index in [1.54, 1.807) is 0 Å². The van der Waals surface area contributed by atoms with Crippen molar-refractivity contribution < 1.29 is 0 Å². The molecule has 5 rings (SSSR count). The maximum atomic E-state index is 4.67. The molecule has 1 fully saturated rings. The lowest BCUT2D eigenvalue weighted by Gasteiger charge is -2.29. The Hall–Kier alpha value is -3.25. The molecule has 140 valence electrons. The number of nitrogens with zero attached hydrogens (tertiary/aromatic N) is 4. The monoisotopic (exact) mass is 370 g/mol. The molecule has 0 spiro atoms. The Morgan fingerprint density at radius 1 is 1.04 bits per heavy atom. The molecule has 0 atom stereocenters. The van der Waals surface area contributed by atoms with Crippen LogP contribution in [0.5, 0.6) is 0 Å². The van der Waals surface area contributed by atoms with Gasteiger partial charge in [0, 0.05) is 49.0 Å². The van der Waals surface area contributed by atoms with Gasteiger partial charge in [0.15, 0.2) is 0 Å². The minimum atomic E-state index is 0.870. The van der Waals surface area contributed by atoms with Crippen LogP contribution in [0.3, 0.4) is 0 Å². The van der Waals surface area contributed by atoms with E-state index in [0.29, 0.717) is 0 Å². The minimum absolute atomic E-state index is 0.870. The van der Waals surface area contributed by atoms with Gasteiger partial charge >= 0.3 is 0 Å². The molecule has 6 heteroatoms. The molecule has 0 radical (unpaired) electrons. The largest absolute Gasteiger partial charge is 0.368 e. The molecule has 0 aliphatic carbocycles. The fourth-order valence-electron chi connectivity index (χ4n) is 3.76. The number of aryl methyl sites for hydroxylation is 1. The molecule has 0 bridgehead atoms. The fraction of sp³-hybridized carbons (Fsp3) is 0.227. The van der Waals surface area contributed by atoms with Crippen molar-refractivity contribution in [2.45, 2.75) is 6.92 Å². The zero-order valence-corrected chi connectivity index (χ0v) is 15.8. The molecule has 1 saturated heterocycles. The number of benzene rings is 1. The number of aromatic amines is 1. The van der Waals surface area contributed by atoms with Gasteiger partial charge in [0.1, 0.15) is 5.69 Å². The zero-order valence-electron chi connectivity index (χ0n) is 15.8. The molecule has 0 unspecified atom stereocenters. The number of hydrogen-bond donors (Lipinski definition) is 2. The third-order valence-corrected chi connectivity index (χ3v) is 5.23. The van der Waals surface area contributed by atoms with Gasteiger partial charge in [-0.3, -0.25) is 15.1 Å². The van der Waals surface area contributed by atoms with Crippen LogP contribution < -0.4 is 10.2 Å². The molecule has 1 aliphatic rings. The number of H-pyrrole nitrogens is 1. The quantitative estimate of drug-likeness (QED) is 0.578. The van der Waals surface area contributed by atoms with E-state index >= 15 is 0 Å². The summed E-state index contributed by atoms with van der Waals surface area (Å²) in [7, 11) is 0. The van der Waals surface area contributed by atoms with Gasteiger partial charge in [-0.05, 0) is 42.8 Å². The van der Waals surface area contributed by atoms with E-state index in [4.69, 9.17) is 0 Å². The summed E-state index contributed by atoms with van der Waals surface area (Å²) in [5, 5.41) is 12.0. The van der Waals surface area contributed by atoms with Crippen LogP contribution in [-0.4, -0.2) is 46.3 Å². The molecule has 2 N–H and O–H groups in total. The van der Waals surface area contributed by atoms with Crippen LogP contribution in [-0.2, 0) is 0 Å². The van der Waals surface area contributed by atoms with Crippen LogP contribution in [0.1, 0.15) is 5.69 Å². The van der Waals surface area contributed by atoms with Gasteiger partial charge in [-0.25, -0.2) is 0 Å². The molecule has 28 heavy (non-hydrogen) atoms. The number of nitrogens with one attached hydrogen (secondary N) is 2. The molecule has 0 saturated carbocycles. The van der Waals surface area contributed by atoms with Crippen molar-refractivity contribution in [2.75, 3.05) is 31.1 Å². The van der Waals surface area contributed by atoms with Gasteiger partial charge in [0.05, 0.1) is 23.1 Å². The lowest BCUT2D eigenvalue weighted by molar-refractivity contribution is 0.589. The summed E-state index contributed by atoms with van der Waals surface area (Å²) in [6.45, 7) is 6.05. The number of pyridine rings is 2. The smallest absolute Gasteiger partial charge is 0.118 e. The fourth-order valence-corrected chi connectivity index (χ4v) is 3.76. The Labute approximate surface area is 163 Å². The first-order chi connectivity index (χ1) is 13.8. The van der Waals surface area contributed by atoms with E-state index in [2.05, 4.69) is 54.6 Å². The molecule has 3 aromatic heterocycles. The molecule has 0 amide bonds. The Morgan fingerprint density at radius 2 is 1.93 bits per heavy atom. The van der Waals surface area contributed by atoms with Crippen molar-refractivity contribution in [3.63, 3.8) is 0 Å². The predicted octanol–water partition coefficient (Wildman–Crippen LogP) is 3.40. The zero-order chi connectivity index (χ0) is 18.9. The number of rotatable bonds is 3. The summed E-state index contributed by atoms with van der Waals surface area (Å²) < 4.78 is 0. The maximum Gasteiger partial charge on any atom is 0.118 e. The van der Waals surface area contributed by atoms with Crippen molar-refractivity contribution >= 4 is 16.6 Å². The predicted molar refractivity (Wildman–Crippen MR) is 112 cm³/mol. The average Bonchev–Trinajstić information content (AvgIpc) is 3.23. The normalized spacial score (nSPS) is 14.5. The summed E-state index contributed by atoms with van der Waals surface area (Å²) in [4.78, 5) is 11.7. The second kappa shape index (κ2) is 7.05. The van der Waals surface area contributed by atoms with E-state index < -0.39 is 0 Å². The number of anilines is 1. The summed E-state index contributed by atoms with van der Waals surface area (Å²) in [5.74, 6) is 0. The van der Waals surface area contributed by atoms with Gasteiger partial charge in [-0.15, -0.1) is 0 Å². The highest BCUT2D eigenvalue weighted by molar-refractivity contribution is 5.89. The van der Waals surface area contributed by atoms with E-state index in [0.717, 1.165) is 65.3 Å². The van der Waals surface area contributed by atoms with Crippen LogP contribution in [0, 0.1) is 6.92 Å². The maximum absolute atomic E-state index is 4.67. The second-order valence-corrected chi connectivity index (χ2v) is 7.15. The lowest BCUT2D eigenvalue weighted by atomic mass is 10.0. The highest BCUT2D eigenvalue weighted by Gasteiger charge is 2.14. The van der Waals surface area contributed by atoms with E-state index in [1.165, 1.54) is 5.69 Å². The second-order valence-electron chi connectivity index (χ2n) is 7.15. The summed E-state index contributed by atoms with van der Waals surface area (Å²) in [6.07, 6.45) is 3.92. The summed E-state index contributed by atoms with van der Waals surface area (Å²) in [6, 6.07) is 14.6. The van der Waals surface area contributed by atoms with Gasteiger partial charge in [0.25, 0.3) is 0 Å². The van der Waals surface area contributed by atoms with Crippen molar-refractivity contribution in [3.8, 4) is 22.5 Å². The van der Waals surface area contributed by atoms with Crippen LogP contribution >= 0.6 is 0 Å². The topological polar surface area (TPSA) is 69.7 Å². The molecule has 4 heterocycles.